The minimum absolute atomic E-state index is 0.115. The average Bonchev–Trinajstić information content (AvgIpc) is 3.17. The number of aromatic nitrogens is 1. The molecule has 0 atom stereocenters. The molecule has 1 N–H and O–H groups in total. The average molecular weight is 821 g/mol. The van der Waals surface area contributed by atoms with Gasteiger partial charge in [0.15, 0.2) is 0 Å². The highest BCUT2D eigenvalue weighted by Gasteiger charge is 2.44. The van der Waals surface area contributed by atoms with Gasteiger partial charge in [0.25, 0.3) is 0 Å². The van der Waals surface area contributed by atoms with E-state index in [0.717, 1.165) is 0 Å². The molecule has 1 aromatic heterocycles. The molecule has 0 aliphatic rings. The van der Waals surface area contributed by atoms with E-state index in [-0.39, 0.29) is 23.3 Å². The molecule has 0 bridgehead atoms. The van der Waals surface area contributed by atoms with Gasteiger partial charge in [0.1, 0.15) is 11.5 Å². The number of nitrogens with zero attached hydrogens (tertiary/aromatic N) is 1. The van der Waals surface area contributed by atoms with E-state index >= 15 is 26.3 Å². The van der Waals surface area contributed by atoms with Crippen LogP contribution in [0.5, 0.6) is 11.5 Å². The number of anilines is 2. The predicted molar refractivity (Wildman–Crippen MR) is 213 cm³/mol. The van der Waals surface area contributed by atoms with Crippen molar-refractivity contribution in [3.63, 3.8) is 0 Å². The molecular formula is C45H38BF9N2O2. The Morgan fingerprint density at radius 1 is 0.576 bits per heavy atom. The molecule has 6 aromatic rings. The van der Waals surface area contributed by atoms with Gasteiger partial charge in [-0.25, -0.2) is 0 Å². The summed E-state index contributed by atoms with van der Waals surface area (Å²) in [5.41, 5.74) is -3.27. The van der Waals surface area contributed by atoms with Crippen LogP contribution in [-0.2, 0) is 18.5 Å². The van der Waals surface area contributed by atoms with Crippen LogP contribution in [-0.4, -0.2) is 20.6 Å². The summed E-state index contributed by atoms with van der Waals surface area (Å²) < 4.78 is 147. The number of hydrogen-bond acceptors (Lipinski definition) is 3. The molecule has 4 nitrogen and oxygen atoms in total. The molecule has 0 aliphatic heterocycles. The van der Waals surface area contributed by atoms with E-state index in [1.165, 1.54) is 32.4 Å². The molecule has 0 aliphatic carbocycles. The largest absolute Gasteiger partial charge is 0.497 e. The smallest absolute Gasteiger partial charge is 0.416 e. The lowest BCUT2D eigenvalue weighted by molar-refractivity contribution is -0.583. The van der Waals surface area contributed by atoms with Crippen molar-refractivity contribution in [2.45, 2.75) is 46.2 Å². The van der Waals surface area contributed by atoms with Gasteiger partial charge < -0.3 is 14.8 Å². The van der Waals surface area contributed by atoms with Crippen molar-refractivity contribution in [2.24, 2.45) is 0 Å². The van der Waals surface area contributed by atoms with Gasteiger partial charge in [-0.05, 0) is 105 Å². The molecule has 306 valence electrons. The molecule has 0 spiro atoms. The van der Waals surface area contributed by atoms with Gasteiger partial charge >= 0.3 is 18.5 Å². The normalized spacial score (nSPS) is 12.3. The summed E-state index contributed by atoms with van der Waals surface area (Å²) in [6, 6.07) is 24.7. The number of benzene rings is 5. The zero-order valence-electron chi connectivity index (χ0n) is 32.7. The summed E-state index contributed by atoms with van der Waals surface area (Å²) in [5, 5.41) is 3.20. The van der Waals surface area contributed by atoms with E-state index in [1.807, 2.05) is 0 Å². The van der Waals surface area contributed by atoms with Crippen LogP contribution in [0.15, 0.2) is 103 Å². The molecular weight excluding hydrogens is 782 g/mol. The number of alkyl halides is 9. The first kappa shape index (κ1) is 42.6. The van der Waals surface area contributed by atoms with Crippen LogP contribution in [0.4, 0.5) is 50.8 Å². The maximum absolute atomic E-state index is 15.4. The molecule has 6 rings (SSSR count). The van der Waals surface area contributed by atoms with Crippen molar-refractivity contribution < 1.29 is 53.6 Å². The van der Waals surface area contributed by atoms with Gasteiger partial charge in [0.05, 0.1) is 19.8 Å². The predicted octanol–water partition coefficient (Wildman–Crippen LogP) is 12.9. The zero-order chi connectivity index (χ0) is 43.0. The zero-order valence-corrected chi connectivity index (χ0v) is 32.7. The number of methoxy groups -OCH3 is 2. The maximum Gasteiger partial charge on any atom is 0.416 e. The van der Waals surface area contributed by atoms with Crippen LogP contribution < -0.4 is 19.4 Å². The number of halogens is 9. The lowest BCUT2D eigenvalue weighted by Gasteiger charge is -2.32. The van der Waals surface area contributed by atoms with Gasteiger partial charge in [-0.15, -0.1) is 5.58 Å². The van der Waals surface area contributed by atoms with Crippen molar-refractivity contribution in [1.29, 1.82) is 0 Å². The van der Waals surface area contributed by atoms with Gasteiger partial charge in [0, 0.05) is 45.4 Å². The van der Waals surface area contributed by atoms with Crippen molar-refractivity contribution in [2.75, 3.05) is 19.5 Å². The lowest BCUT2D eigenvalue weighted by atomic mass is 9.51. The Labute approximate surface area is 335 Å². The second kappa shape index (κ2) is 16.3. The van der Waals surface area contributed by atoms with Crippen molar-refractivity contribution >= 4 is 29.8 Å². The Hall–Kier alpha value is -6.05. The molecule has 0 saturated heterocycles. The first-order valence-corrected chi connectivity index (χ1v) is 18.2. The summed E-state index contributed by atoms with van der Waals surface area (Å²) >= 11 is 0. The summed E-state index contributed by atoms with van der Waals surface area (Å²) in [7, 11) is 2.93. The number of hydrogen-bond donors (Lipinski definition) is 1. The topological polar surface area (TPSA) is 34.4 Å². The Balaban J connectivity index is 1.94. The number of aryl methyl sites for hydroxylation is 4. The van der Waals surface area contributed by atoms with E-state index in [1.54, 1.807) is 117 Å². The van der Waals surface area contributed by atoms with Crippen molar-refractivity contribution in [3.05, 3.63) is 153 Å². The quantitative estimate of drug-likeness (QED) is 0.117. The molecule has 14 heteroatoms. The minimum Gasteiger partial charge on any atom is -0.497 e. The van der Waals surface area contributed by atoms with E-state index in [4.69, 9.17) is 9.47 Å². The Bertz CT molecular complexity index is 2470. The molecule has 0 amide bonds. The molecule has 0 saturated carbocycles. The van der Waals surface area contributed by atoms with Gasteiger partial charge in [-0.3, -0.25) is 0 Å². The van der Waals surface area contributed by atoms with E-state index in [2.05, 4.69) is 5.32 Å². The fourth-order valence-electron chi connectivity index (χ4n) is 7.34. The number of rotatable bonds is 9. The Morgan fingerprint density at radius 3 is 1.51 bits per heavy atom. The highest BCUT2D eigenvalue weighted by Crippen LogP contribution is 2.47. The van der Waals surface area contributed by atoms with Crippen molar-refractivity contribution in [1.82, 2.24) is 0 Å². The van der Waals surface area contributed by atoms with Gasteiger partial charge in [-0.1, -0.05) is 54.6 Å². The van der Waals surface area contributed by atoms with Crippen molar-refractivity contribution in [3.8, 4) is 33.9 Å². The van der Waals surface area contributed by atoms with E-state index < -0.39 is 47.0 Å². The third-order valence-corrected chi connectivity index (χ3v) is 10.2. The Kier molecular flexibility index (Phi) is 11.8. The fourth-order valence-corrected chi connectivity index (χ4v) is 7.34. The standard InChI is InChI=1S/C45H37BF9N2O2/c1-26-9-7-10-27(2)41(26)56-38-25-37(31-16-20-34(59-6)21-17-31)57(42-28(3)11-8-12-29(42)4)39(22-15-30-13-18-33(58-5)19-14-30)46(38)40-35(44(50,51)52)23-32(43(47,48)49)24-36(40)45(53,54)55/h7-25H,1-6H3/q-1/p+1/b22-15+. The molecule has 0 radical (unpaired) electrons. The van der Waals surface area contributed by atoms with Crippen LogP contribution >= 0.6 is 0 Å². The molecule has 1 heterocycles. The molecule has 0 fully saturated rings. The SMILES string of the molecule is COc1ccc(/C=C/c2[b-](-c3c(C(F)(F)F)cc(C(F)(F)F)cc3C(F)(F)F)c(Nc3c(C)cccc3C)cc(-c3ccc(OC)cc3)[n+]2-c2c(C)cccc2C)cc1. The third kappa shape index (κ3) is 8.86. The monoisotopic (exact) mass is 820 g/mol. The maximum atomic E-state index is 15.4. The van der Waals surface area contributed by atoms with Crippen LogP contribution in [0.25, 0.3) is 34.6 Å². The van der Waals surface area contributed by atoms with Crippen LogP contribution in [0.3, 0.4) is 0 Å². The third-order valence-electron chi connectivity index (χ3n) is 10.2. The summed E-state index contributed by atoms with van der Waals surface area (Å²) in [6.07, 6.45) is -15.9. The second-order valence-electron chi connectivity index (χ2n) is 14.1. The molecule has 59 heavy (non-hydrogen) atoms. The van der Waals surface area contributed by atoms with Crippen LogP contribution in [0, 0.1) is 27.7 Å². The molecule has 0 unspecified atom stereocenters. The Morgan fingerprint density at radius 2 is 1.05 bits per heavy atom. The lowest BCUT2D eigenvalue weighted by Crippen LogP contribution is -2.43. The summed E-state index contributed by atoms with van der Waals surface area (Å²) in [6.45, 7) is 6.95. The minimum atomic E-state index is -5.67. The van der Waals surface area contributed by atoms with Gasteiger partial charge in [0.2, 0.25) is 11.4 Å². The fraction of sp³-hybridized carbons (Fsp3) is 0.200. The first-order chi connectivity index (χ1) is 27.7. The number of ether oxygens (including phenoxy) is 2. The summed E-state index contributed by atoms with van der Waals surface area (Å²) in [4.78, 5) is 0. The summed E-state index contributed by atoms with van der Waals surface area (Å²) in [5.74, 6) is 0.979. The van der Waals surface area contributed by atoms with Crippen LogP contribution in [0.2, 0.25) is 0 Å². The first-order valence-electron chi connectivity index (χ1n) is 18.2. The highest BCUT2D eigenvalue weighted by atomic mass is 19.4. The van der Waals surface area contributed by atoms with E-state index in [0.29, 0.717) is 61.9 Å². The van der Waals surface area contributed by atoms with Gasteiger partial charge in [-0.2, -0.15) is 49.5 Å². The number of nitrogens with one attached hydrogen (secondary N) is 1. The highest BCUT2D eigenvalue weighted by molar-refractivity contribution is 6.75. The second-order valence-corrected chi connectivity index (χ2v) is 14.1. The molecule has 5 aromatic carbocycles. The number of para-hydroxylation sites is 2. The van der Waals surface area contributed by atoms with Crippen LogP contribution in [0.1, 0.15) is 50.1 Å². The van der Waals surface area contributed by atoms with E-state index in [9.17, 15) is 13.2 Å².